The Labute approximate surface area is 127 Å². The number of amides is 1. The quantitative estimate of drug-likeness (QED) is 0.658. The molecule has 0 radical (unpaired) electrons. The predicted octanol–water partition coefficient (Wildman–Crippen LogP) is 2.46. The Hall–Kier alpha value is -1.95. The minimum Gasteiger partial charge on any atom is -0.355 e. The molecule has 1 aromatic heterocycles. The molecule has 110 valence electrons. The third-order valence-electron chi connectivity index (χ3n) is 2.82. The van der Waals surface area contributed by atoms with Gasteiger partial charge >= 0.3 is 0 Å². The van der Waals surface area contributed by atoms with Crippen molar-refractivity contribution in [2.45, 2.75) is 23.8 Å². The minimum atomic E-state index is -0.263. The number of carbonyl (C=O) groups excluding carboxylic acids is 1. The summed E-state index contributed by atoms with van der Waals surface area (Å²) in [6.07, 6.45) is 3.97. The van der Waals surface area contributed by atoms with E-state index in [1.807, 2.05) is 6.92 Å². The van der Waals surface area contributed by atoms with Crippen molar-refractivity contribution in [3.05, 3.63) is 54.1 Å². The summed E-state index contributed by atoms with van der Waals surface area (Å²) in [6, 6.07) is 8.01. The average Bonchev–Trinajstić information content (AvgIpc) is 2.50. The Bertz CT molecular complexity index is 577. The van der Waals surface area contributed by atoms with Crippen molar-refractivity contribution in [1.29, 1.82) is 0 Å². The first-order valence-corrected chi connectivity index (χ1v) is 7.49. The summed E-state index contributed by atoms with van der Waals surface area (Å²) in [4.78, 5) is 20.1. The van der Waals surface area contributed by atoms with Gasteiger partial charge in [0, 0.05) is 18.9 Å². The van der Waals surface area contributed by atoms with Crippen LogP contribution in [0.1, 0.15) is 12.5 Å². The Kier molecular flexibility index (Phi) is 5.68. The van der Waals surface area contributed by atoms with Gasteiger partial charge in [0.25, 0.3) is 0 Å². The molecule has 2 aromatic rings. The zero-order chi connectivity index (χ0) is 15.1. The molecule has 21 heavy (non-hydrogen) atoms. The number of aromatic nitrogens is 2. The number of thioether (sulfide) groups is 1. The van der Waals surface area contributed by atoms with Crippen LogP contribution in [0, 0.1) is 5.82 Å². The van der Waals surface area contributed by atoms with Gasteiger partial charge in [-0.25, -0.2) is 14.4 Å². The number of halogens is 1. The van der Waals surface area contributed by atoms with Crippen LogP contribution in [-0.4, -0.2) is 27.7 Å². The van der Waals surface area contributed by atoms with Crippen molar-refractivity contribution in [2.75, 3.05) is 6.54 Å². The van der Waals surface area contributed by atoms with E-state index >= 15 is 0 Å². The second-order valence-electron chi connectivity index (χ2n) is 4.46. The second kappa shape index (κ2) is 7.73. The van der Waals surface area contributed by atoms with E-state index in [-0.39, 0.29) is 17.0 Å². The van der Waals surface area contributed by atoms with Crippen LogP contribution in [0.5, 0.6) is 0 Å². The van der Waals surface area contributed by atoms with Crippen LogP contribution in [0.2, 0.25) is 0 Å². The van der Waals surface area contributed by atoms with Crippen LogP contribution in [0.15, 0.2) is 47.9 Å². The Morgan fingerprint density at radius 2 is 1.95 bits per heavy atom. The summed E-state index contributed by atoms with van der Waals surface area (Å²) in [5, 5.41) is 3.18. The molecule has 0 unspecified atom stereocenters. The highest BCUT2D eigenvalue weighted by molar-refractivity contribution is 8.00. The van der Waals surface area contributed by atoms with Gasteiger partial charge in [-0.15, -0.1) is 0 Å². The van der Waals surface area contributed by atoms with Crippen LogP contribution in [0.25, 0.3) is 0 Å². The first-order chi connectivity index (χ1) is 10.1. The molecule has 0 aliphatic carbocycles. The van der Waals surface area contributed by atoms with Gasteiger partial charge in [-0.3, -0.25) is 4.79 Å². The van der Waals surface area contributed by atoms with Crippen LogP contribution in [-0.2, 0) is 11.2 Å². The summed E-state index contributed by atoms with van der Waals surface area (Å²) < 4.78 is 12.8. The van der Waals surface area contributed by atoms with Crippen molar-refractivity contribution in [2.24, 2.45) is 0 Å². The molecule has 0 aliphatic rings. The summed E-state index contributed by atoms with van der Waals surface area (Å²) in [5.41, 5.74) is 0.989. The number of benzene rings is 1. The minimum absolute atomic E-state index is 0.0606. The van der Waals surface area contributed by atoms with E-state index < -0.39 is 0 Å². The first-order valence-electron chi connectivity index (χ1n) is 6.61. The maximum absolute atomic E-state index is 12.8. The van der Waals surface area contributed by atoms with Gasteiger partial charge in [-0.05, 0) is 37.1 Å². The van der Waals surface area contributed by atoms with Gasteiger partial charge in [0.1, 0.15) is 5.82 Å². The Morgan fingerprint density at radius 1 is 1.29 bits per heavy atom. The molecule has 6 heteroatoms. The molecule has 4 nitrogen and oxygen atoms in total. The number of rotatable bonds is 6. The van der Waals surface area contributed by atoms with E-state index in [1.165, 1.54) is 23.9 Å². The van der Waals surface area contributed by atoms with E-state index in [1.54, 1.807) is 30.6 Å². The van der Waals surface area contributed by atoms with Gasteiger partial charge in [0.05, 0.1) is 5.25 Å². The summed E-state index contributed by atoms with van der Waals surface area (Å²) in [5.74, 6) is -0.315. The molecule has 0 bridgehead atoms. The zero-order valence-corrected chi connectivity index (χ0v) is 12.4. The largest absolute Gasteiger partial charge is 0.355 e. The maximum Gasteiger partial charge on any atom is 0.233 e. The fourth-order valence-electron chi connectivity index (χ4n) is 1.68. The van der Waals surface area contributed by atoms with Gasteiger partial charge in [0.15, 0.2) is 5.16 Å². The van der Waals surface area contributed by atoms with Gasteiger partial charge in [0.2, 0.25) is 5.91 Å². The maximum atomic E-state index is 12.8. The Morgan fingerprint density at radius 3 is 2.62 bits per heavy atom. The molecule has 0 saturated heterocycles. The molecule has 0 saturated carbocycles. The molecular formula is C15H16FN3OS. The average molecular weight is 305 g/mol. The first kappa shape index (κ1) is 15.4. The fourth-order valence-corrected chi connectivity index (χ4v) is 2.43. The normalized spacial score (nSPS) is 11.9. The lowest BCUT2D eigenvalue weighted by Crippen LogP contribution is -2.32. The molecule has 1 aromatic carbocycles. The number of carbonyl (C=O) groups is 1. The molecule has 0 aliphatic heterocycles. The third-order valence-corrected chi connectivity index (χ3v) is 3.81. The van der Waals surface area contributed by atoms with E-state index in [9.17, 15) is 9.18 Å². The molecule has 1 atom stereocenters. The molecule has 2 rings (SSSR count). The van der Waals surface area contributed by atoms with Crippen molar-refractivity contribution < 1.29 is 9.18 Å². The highest BCUT2D eigenvalue weighted by Crippen LogP contribution is 2.18. The molecule has 1 heterocycles. The molecule has 0 fully saturated rings. The third kappa shape index (κ3) is 5.15. The van der Waals surface area contributed by atoms with Crippen LogP contribution >= 0.6 is 11.8 Å². The number of nitrogens with zero attached hydrogens (tertiary/aromatic N) is 2. The van der Waals surface area contributed by atoms with E-state index in [4.69, 9.17) is 0 Å². The standard InChI is InChI=1S/C15H16FN3OS/c1-11(21-15-18-8-2-9-19-15)14(20)17-10-7-12-3-5-13(16)6-4-12/h2-6,8-9,11H,7,10H2,1H3,(H,17,20)/t11-/m1/s1. The van der Waals surface area contributed by atoms with Crippen molar-refractivity contribution in [1.82, 2.24) is 15.3 Å². The smallest absolute Gasteiger partial charge is 0.233 e. The van der Waals surface area contributed by atoms with Crippen LogP contribution < -0.4 is 5.32 Å². The zero-order valence-electron chi connectivity index (χ0n) is 11.6. The van der Waals surface area contributed by atoms with E-state index in [0.717, 1.165) is 5.56 Å². The van der Waals surface area contributed by atoms with E-state index in [0.29, 0.717) is 18.1 Å². The Balaban J connectivity index is 1.75. The van der Waals surface area contributed by atoms with Crippen molar-refractivity contribution in [3.63, 3.8) is 0 Å². The number of hydrogen-bond acceptors (Lipinski definition) is 4. The number of nitrogens with one attached hydrogen (secondary N) is 1. The van der Waals surface area contributed by atoms with Crippen molar-refractivity contribution in [3.8, 4) is 0 Å². The highest BCUT2D eigenvalue weighted by Gasteiger charge is 2.14. The summed E-state index contributed by atoms with van der Waals surface area (Å²) >= 11 is 1.32. The highest BCUT2D eigenvalue weighted by atomic mass is 32.2. The summed E-state index contributed by atoms with van der Waals surface area (Å²) in [7, 11) is 0. The second-order valence-corrected chi connectivity index (χ2v) is 5.77. The van der Waals surface area contributed by atoms with Gasteiger partial charge < -0.3 is 5.32 Å². The van der Waals surface area contributed by atoms with Crippen molar-refractivity contribution >= 4 is 17.7 Å². The monoisotopic (exact) mass is 305 g/mol. The fraction of sp³-hybridized carbons (Fsp3) is 0.267. The SMILES string of the molecule is C[C@@H](Sc1ncccn1)C(=O)NCCc1ccc(F)cc1. The lowest BCUT2D eigenvalue weighted by molar-refractivity contribution is -0.120. The summed E-state index contributed by atoms with van der Waals surface area (Å²) in [6.45, 7) is 2.33. The molecule has 1 amide bonds. The topological polar surface area (TPSA) is 54.9 Å². The lowest BCUT2D eigenvalue weighted by atomic mass is 10.1. The number of hydrogen-bond donors (Lipinski definition) is 1. The molecule has 1 N–H and O–H groups in total. The van der Waals surface area contributed by atoms with Crippen LogP contribution in [0.3, 0.4) is 0 Å². The molecular weight excluding hydrogens is 289 g/mol. The predicted molar refractivity (Wildman–Crippen MR) is 80.5 cm³/mol. The molecule has 0 spiro atoms. The van der Waals surface area contributed by atoms with E-state index in [2.05, 4.69) is 15.3 Å². The van der Waals surface area contributed by atoms with Gasteiger partial charge in [-0.1, -0.05) is 23.9 Å². The lowest BCUT2D eigenvalue weighted by Gasteiger charge is -2.10. The van der Waals surface area contributed by atoms with Crippen LogP contribution in [0.4, 0.5) is 4.39 Å². The van der Waals surface area contributed by atoms with Gasteiger partial charge in [-0.2, -0.15) is 0 Å².